The van der Waals surface area contributed by atoms with E-state index in [0.717, 1.165) is 16.0 Å². The van der Waals surface area contributed by atoms with E-state index in [4.69, 9.17) is 16.9 Å². The van der Waals surface area contributed by atoms with E-state index in [9.17, 15) is 4.79 Å². The molecule has 0 saturated carbocycles. The molecule has 1 heterocycles. The minimum absolute atomic E-state index is 0.285. The molecule has 0 aliphatic rings. The molecule has 3 nitrogen and oxygen atoms in total. The van der Waals surface area contributed by atoms with Gasteiger partial charge in [0.2, 0.25) is 5.91 Å². The Morgan fingerprint density at radius 2 is 2.10 bits per heavy atom. The van der Waals surface area contributed by atoms with Crippen LogP contribution < -0.4 is 5.32 Å². The molecule has 106 valence electrons. The van der Waals surface area contributed by atoms with E-state index in [2.05, 4.69) is 11.4 Å². The highest BCUT2D eigenvalue weighted by molar-refractivity contribution is 7.16. The molecule has 5 heteroatoms. The fourth-order valence-corrected chi connectivity index (χ4v) is 2.99. The van der Waals surface area contributed by atoms with Crippen molar-refractivity contribution in [1.82, 2.24) is 0 Å². The zero-order valence-corrected chi connectivity index (χ0v) is 13.2. The summed E-state index contributed by atoms with van der Waals surface area (Å²) in [6.45, 7) is 3.80. The summed E-state index contributed by atoms with van der Waals surface area (Å²) >= 11 is 7.42. The number of anilines is 1. The Kier molecular flexibility index (Phi) is 4.79. The van der Waals surface area contributed by atoms with Gasteiger partial charge >= 0.3 is 0 Å². The maximum absolute atomic E-state index is 11.9. The molecule has 1 amide bonds. The zero-order chi connectivity index (χ0) is 15.4. The molecule has 0 radical (unpaired) electrons. The van der Waals surface area contributed by atoms with E-state index in [0.29, 0.717) is 15.6 Å². The van der Waals surface area contributed by atoms with Crippen molar-refractivity contribution in [3.8, 4) is 6.07 Å². The van der Waals surface area contributed by atoms with Gasteiger partial charge in [-0.25, -0.2) is 0 Å². The molecule has 21 heavy (non-hydrogen) atoms. The predicted molar refractivity (Wildman–Crippen MR) is 87.6 cm³/mol. The van der Waals surface area contributed by atoms with Gasteiger partial charge in [-0.15, -0.1) is 11.3 Å². The Morgan fingerprint density at radius 3 is 2.76 bits per heavy atom. The van der Waals surface area contributed by atoms with Gasteiger partial charge in [-0.05, 0) is 37.1 Å². The second-order valence-electron chi connectivity index (χ2n) is 4.44. The van der Waals surface area contributed by atoms with Crippen LogP contribution in [0.1, 0.15) is 21.6 Å². The molecule has 2 aromatic rings. The van der Waals surface area contributed by atoms with Crippen LogP contribution in [-0.4, -0.2) is 5.91 Å². The number of carbonyl (C=O) groups is 1. The zero-order valence-electron chi connectivity index (χ0n) is 11.6. The van der Waals surface area contributed by atoms with E-state index in [1.807, 2.05) is 32.0 Å². The topological polar surface area (TPSA) is 52.9 Å². The molecule has 0 aliphatic carbocycles. The number of benzene rings is 1. The summed E-state index contributed by atoms with van der Waals surface area (Å²) < 4.78 is 0. The van der Waals surface area contributed by atoms with Crippen LogP contribution in [0, 0.1) is 25.2 Å². The largest absolute Gasteiger partial charge is 0.313 e. The molecule has 0 atom stereocenters. The summed E-state index contributed by atoms with van der Waals surface area (Å²) in [6, 6.07) is 9.39. The number of rotatable bonds is 3. The molecular formula is C16H13ClN2OS. The first-order chi connectivity index (χ1) is 10.0. The Balaban J connectivity index is 2.15. The van der Waals surface area contributed by atoms with E-state index in [1.54, 1.807) is 12.1 Å². The number of nitrogens with one attached hydrogen (secondary N) is 1. The van der Waals surface area contributed by atoms with Crippen molar-refractivity contribution in [3.05, 3.63) is 56.9 Å². The first kappa shape index (κ1) is 15.3. The second kappa shape index (κ2) is 6.57. The van der Waals surface area contributed by atoms with Gasteiger partial charge in [-0.1, -0.05) is 29.8 Å². The van der Waals surface area contributed by atoms with E-state index in [-0.39, 0.29) is 5.91 Å². The van der Waals surface area contributed by atoms with Crippen molar-refractivity contribution in [1.29, 1.82) is 5.26 Å². The van der Waals surface area contributed by atoms with Gasteiger partial charge in [0.05, 0.1) is 5.56 Å². The van der Waals surface area contributed by atoms with Crippen LogP contribution in [0.3, 0.4) is 0 Å². The third-order valence-electron chi connectivity index (χ3n) is 3.05. The lowest BCUT2D eigenvalue weighted by atomic mass is 10.2. The molecular weight excluding hydrogens is 304 g/mol. The van der Waals surface area contributed by atoms with Crippen molar-refractivity contribution in [2.24, 2.45) is 0 Å². The van der Waals surface area contributed by atoms with Gasteiger partial charge in [0.25, 0.3) is 0 Å². The maximum atomic E-state index is 11.9. The van der Waals surface area contributed by atoms with Crippen molar-refractivity contribution >= 4 is 39.9 Å². The lowest BCUT2D eigenvalue weighted by Crippen LogP contribution is -2.07. The fraction of sp³-hybridized carbons (Fsp3) is 0.125. The lowest BCUT2D eigenvalue weighted by molar-refractivity contribution is -0.111. The Hall–Kier alpha value is -2.09. The van der Waals surface area contributed by atoms with E-state index >= 15 is 0 Å². The maximum Gasteiger partial charge on any atom is 0.249 e. The Morgan fingerprint density at radius 1 is 1.38 bits per heavy atom. The molecule has 0 fully saturated rings. The number of thiophene rings is 1. The second-order valence-corrected chi connectivity index (χ2v) is 6.08. The van der Waals surface area contributed by atoms with Crippen LogP contribution in [0.5, 0.6) is 0 Å². The normalized spacial score (nSPS) is 10.6. The van der Waals surface area contributed by atoms with Crippen LogP contribution in [-0.2, 0) is 4.79 Å². The number of amides is 1. The summed E-state index contributed by atoms with van der Waals surface area (Å²) in [5.74, 6) is -0.285. The number of hydrogen-bond donors (Lipinski definition) is 1. The van der Waals surface area contributed by atoms with Gasteiger partial charge in [0, 0.05) is 16.0 Å². The molecule has 0 aliphatic heterocycles. The number of nitriles is 1. The number of aryl methyl sites for hydroxylation is 1. The first-order valence-electron chi connectivity index (χ1n) is 6.26. The first-order valence-corrected chi connectivity index (χ1v) is 7.46. The lowest BCUT2D eigenvalue weighted by Gasteiger charge is -2.00. The van der Waals surface area contributed by atoms with Crippen molar-refractivity contribution in [2.45, 2.75) is 13.8 Å². The standard InChI is InChI=1S/C16H13ClN2OS/c1-10-11(2)21-16(13(10)9-18)19-15(20)8-7-12-5-3-4-6-14(12)17/h3-8H,1-2H3,(H,19,20)/b8-7+. The van der Waals surface area contributed by atoms with Crippen molar-refractivity contribution < 1.29 is 4.79 Å². The van der Waals surface area contributed by atoms with Gasteiger partial charge in [-0.2, -0.15) is 5.26 Å². The summed E-state index contributed by atoms with van der Waals surface area (Å²) in [5.41, 5.74) is 2.21. The minimum Gasteiger partial charge on any atom is -0.313 e. The fourth-order valence-electron chi connectivity index (χ4n) is 1.78. The molecule has 0 bridgehead atoms. The number of nitrogens with zero attached hydrogens (tertiary/aromatic N) is 1. The van der Waals surface area contributed by atoms with Gasteiger partial charge in [0.15, 0.2) is 0 Å². The molecule has 0 spiro atoms. The van der Waals surface area contributed by atoms with Crippen LogP contribution in [0.4, 0.5) is 5.00 Å². The summed E-state index contributed by atoms with van der Waals surface area (Å²) in [5, 5.41) is 13.0. The van der Waals surface area contributed by atoms with Crippen LogP contribution in [0.25, 0.3) is 6.08 Å². The summed E-state index contributed by atoms with van der Waals surface area (Å²) in [7, 11) is 0. The third kappa shape index (κ3) is 3.52. The SMILES string of the molecule is Cc1sc(NC(=O)/C=C/c2ccccc2Cl)c(C#N)c1C. The molecule has 0 unspecified atom stereocenters. The summed E-state index contributed by atoms with van der Waals surface area (Å²) in [4.78, 5) is 13.0. The van der Waals surface area contributed by atoms with Gasteiger partial charge in [-0.3, -0.25) is 4.79 Å². The molecule has 0 saturated heterocycles. The van der Waals surface area contributed by atoms with Gasteiger partial charge < -0.3 is 5.32 Å². The number of halogens is 1. The average molecular weight is 317 g/mol. The van der Waals surface area contributed by atoms with Crippen LogP contribution >= 0.6 is 22.9 Å². The molecule has 1 N–H and O–H groups in total. The van der Waals surface area contributed by atoms with Crippen LogP contribution in [0.15, 0.2) is 30.3 Å². The number of hydrogen-bond acceptors (Lipinski definition) is 3. The van der Waals surface area contributed by atoms with Crippen molar-refractivity contribution in [3.63, 3.8) is 0 Å². The van der Waals surface area contributed by atoms with Gasteiger partial charge in [0.1, 0.15) is 11.1 Å². The van der Waals surface area contributed by atoms with Crippen molar-refractivity contribution in [2.75, 3.05) is 5.32 Å². The van der Waals surface area contributed by atoms with Crippen LogP contribution in [0.2, 0.25) is 5.02 Å². The summed E-state index contributed by atoms with van der Waals surface area (Å²) in [6.07, 6.45) is 3.06. The Bertz CT molecular complexity index is 756. The highest BCUT2D eigenvalue weighted by atomic mass is 35.5. The highest BCUT2D eigenvalue weighted by Crippen LogP contribution is 2.31. The quantitative estimate of drug-likeness (QED) is 0.845. The monoisotopic (exact) mass is 316 g/mol. The minimum atomic E-state index is -0.285. The molecule has 1 aromatic heterocycles. The predicted octanol–water partition coefficient (Wildman–Crippen LogP) is 4.54. The van der Waals surface area contributed by atoms with E-state index < -0.39 is 0 Å². The average Bonchev–Trinajstić information content (AvgIpc) is 2.72. The third-order valence-corrected chi connectivity index (χ3v) is 4.52. The molecule has 1 aromatic carbocycles. The molecule has 2 rings (SSSR count). The highest BCUT2D eigenvalue weighted by Gasteiger charge is 2.13. The van der Waals surface area contributed by atoms with E-state index in [1.165, 1.54) is 17.4 Å². The smallest absolute Gasteiger partial charge is 0.249 e. The number of carbonyl (C=O) groups excluding carboxylic acids is 1. The Labute approximate surface area is 132 Å².